The maximum absolute atomic E-state index is 12.6. The van der Waals surface area contributed by atoms with Crippen LogP contribution in [0.2, 0.25) is 0 Å². The lowest BCUT2D eigenvalue weighted by molar-refractivity contribution is 0.266. The second kappa shape index (κ2) is 6.72. The molecule has 9 heteroatoms. The van der Waals surface area contributed by atoms with Gasteiger partial charge >= 0.3 is 5.69 Å². The number of anilines is 2. The second-order valence-electron chi connectivity index (χ2n) is 6.59. The summed E-state index contributed by atoms with van der Waals surface area (Å²) in [5.41, 5.74) is 0.327. The number of aromatic nitrogens is 5. The molecule has 138 valence electrons. The number of pyridine rings is 1. The molecule has 0 unspecified atom stereocenters. The second-order valence-corrected chi connectivity index (χ2v) is 6.59. The van der Waals surface area contributed by atoms with Crippen LogP contribution in [0.25, 0.3) is 11.2 Å². The zero-order chi connectivity index (χ0) is 18.9. The van der Waals surface area contributed by atoms with Gasteiger partial charge in [0, 0.05) is 6.20 Å². The molecule has 1 fully saturated rings. The maximum atomic E-state index is 12.6. The molecule has 0 aliphatic heterocycles. The quantitative estimate of drug-likeness (QED) is 0.728. The molecule has 0 saturated heterocycles. The topological polar surface area (TPSA) is 122 Å². The average molecular weight is 365 g/mol. The Bertz CT molecular complexity index is 1070. The Labute approximate surface area is 155 Å². The summed E-state index contributed by atoms with van der Waals surface area (Å²) in [6.45, 7) is 0. The number of imidazole rings is 1. The SMILES string of the molecule is COc1ncccc1Nc1ncc2[nH]c(=O)n(C3(C#N)CCCCC3)c2n1. The van der Waals surface area contributed by atoms with E-state index in [9.17, 15) is 10.1 Å². The molecule has 0 spiro atoms. The molecule has 1 aliphatic carbocycles. The van der Waals surface area contributed by atoms with Gasteiger partial charge in [0.25, 0.3) is 0 Å². The molecule has 3 heterocycles. The number of fused-ring (bicyclic) bond motifs is 1. The van der Waals surface area contributed by atoms with Crippen LogP contribution in [0.1, 0.15) is 32.1 Å². The van der Waals surface area contributed by atoms with Gasteiger partial charge in [-0.25, -0.2) is 14.8 Å². The molecule has 0 aromatic carbocycles. The number of hydrogen-bond acceptors (Lipinski definition) is 7. The minimum Gasteiger partial charge on any atom is -0.480 e. The minimum atomic E-state index is -0.870. The summed E-state index contributed by atoms with van der Waals surface area (Å²) in [6.07, 6.45) is 7.34. The number of methoxy groups -OCH3 is 1. The summed E-state index contributed by atoms with van der Waals surface area (Å²) >= 11 is 0. The maximum Gasteiger partial charge on any atom is 0.329 e. The standard InChI is InChI=1S/C18H19N7O2/c1-27-15-12(6-5-9-20-15)22-16-21-10-13-14(24-16)25(17(26)23-13)18(11-19)7-3-2-4-8-18/h5-6,9-10H,2-4,7-8H2,1H3,(H,23,26)(H,21,22,24). The van der Waals surface area contributed by atoms with E-state index in [1.54, 1.807) is 24.5 Å². The van der Waals surface area contributed by atoms with Crippen LogP contribution in [0.3, 0.4) is 0 Å². The zero-order valence-corrected chi connectivity index (χ0v) is 14.9. The number of aromatic amines is 1. The van der Waals surface area contributed by atoms with Gasteiger partial charge in [-0.2, -0.15) is 10.2 Å². The van der Waals surface area contributed by atoms with Gasteiger partial charge in [-0.1, -0.05) is 19.3 Å². The third-order valence-corrected chi connectivity index (χ3v) is 4.95. The number of rotatable bonds is 4. The summed E-state index contributed by atoms with van der Waals surface area (Å²) in [5, 5.41) is 12.9. The molecule has 9 nitrogen and oxygen atoms in total. The van der Waals surface area contributed by atoms with Crippen molar-refractivity contribution >= 4 is 22.8 Å². The lowest BCUT2D eigenvalue weighted by Gasteiger charge is -2.31. The van der Waals surface area contributed by atoms with E-state index in [2.05, 4.69) is 31.3 Å². The van der Waals surface area contributed by atoms with Crippen molar-refractivity contribution < 1.29 is 4.74 Å². The van der Waals surface area contributed by atoms with E-state index in [0.29, 0.717) is 41.5 Å². The highest BCUT2D eigenvalue weighted by Gasteiger charge is 2.37. The fraction of sp³-hybridized carbons (Fsp3) is 0.389. The third-order valence-electron chi connectivity index (χ3n) is 4.95. The molecule has 1 saturated carbocycles. The van der Waals surface area contributed by atoms with Gasteiger partial charge < -0.3 is 15.0 Å². The Hall–Kier alpha value is -3.41. The molecular formula is C18H19N7O2. The monoisotopic (exact) mass is 365 g/mol. The van der Waals surface area contributed by atoms with Crippen LogP contribution in [0.5, 0.6) is 5.88 Å². The van der Waals surface area contributed by atoms with Crippen molar-refractivity contribution in [2.75, 3.05) is 12.4 Å². The normalized spacial score (nSPS) is 16.0. The summed E-state index contributed by atoms with van der Waals surface area (Å²) in [7, 11) is 1.53. The lowest BCUT2D eigenvalue weighted by atomic mass is 9.82. The molecule has 0 radical (unpaired) electrons. The first-order valence-corrected chi connectivity index (χ1v) is 8.82. The van der Waals surface area contributed by atoms with Crippen LogP contribution in [0.4, 0.5) is 11.6 Å². The van der Waals surface area contributed by atoms with Gasteiger partial charge in [-0.15, -0.1) is 0 Å². The molecule has 27 heavy (non-hydrogen) atoms. The largest absolute Gasteiger partial charge is 0.480 e. The van der Waals surface area contributed by atoms with E-state index >= 15 is 0 Å². The van der Waals surface area contributed by atoms with E-state index in [1.807, 2.05) is 0 Å². The van der Waals surface area contributed by atoms with Crippen LogP contribution in [-0.2, 0) is 5.54 Å². The molecule has 1 aliphatic rings. The van der Waals surface area contributed by atoms with E-state index < -0.39 is 5.54 Å². The van der Waals surface area contributed by atoms with E-state index in [-0.39, 0.29) is 5.69 Å². The molecule has 0 amide bonds. The van der Waals surface area contributed by atoms with Crippen molar-refractivity contribution in [3.8, 4) is 11.9 Å². The zero-order valence-electron chi connectivity index (χ0n) is 14.9. The Balaban J connectivity index is 1.80. The molecule has 3 aromatic rings. The lowest BCUT2D eigenvalue weighted by Crippen LogP contribution is -2.40. The number of ether oxygens (including phenoxy) is 1. The smallest absolute Gasteiger partial charge is 0.329 e. The third kappa shape index (κ3) is 2.89. The molecule has 0 bridgehead atoms. The van der Waals surface area contributed by atoms with Crippen molar-refractivity contribution in [2.45, 2.75) is 37.6 Å². The number of nitrogens with one attached hydrogen (secondary N) is 2. The van der Waals surface area contributed by atoms with Gasteiger partial charge in [0.05, 0.1) is 19.4 Å². The molecular weight excluding hydrogens is 346 g/mol. The number of H-pyrrole nitrogens is 1. The first kappa shape index (κ1) is 17.0. The first-order chi connectivity index (χ1) is 13.2. The van der Waals surface area contributed by atoms with Gasteiger partial charge in [-0.05, 0) is 25.0 Å². The van der Waals surface area contributed by atoms with Crippen LogP contribution >= 0.6 is 0 Å². The predicted molar refractivity (Wildman–Crippen MR) is 98.9 cm³/mol. The Morgan fingerprint density at radius 2 is 2.15 bits per heavy atom. The van der Waals surface area contributed by atoms with Crippen LogP contribution < -0.4 is 15.7 Å². The van der Waals surface area contributed by atoms with Gasteiger partial charge in [0.15, 0.2) is 5.65 Å². The summed E-state index contributed by atoms with van der Waals surface area (Å²) in [5.74, 6) is 0.707. The van der Waals surface area contributed by atoms with Crippen molar-refractivity contribution in [3.05, 3.63) is 35.0 Å². The highest BCUT2D eigenvalue weighted by atomic mass is 16.5. The summed E-state index contributed by atoms with van der Waals surface area (Å²) < 4.78 is 6.72. The first-order valence-electron chi connectivity index (χ1n) is 8.82. The number of nitriles is 1. The average Bonchev–Trinajstić information content (AvgIpc) is 3.04. The van der Waals surface area contributed by atoms with Crippen LogP contribution in [0.15, 0.2) is 29.3 Å². The van der Waals surface area contributed by atoms with E-state index in [0.717, 1.165) is 19.3 Å². The highest BCUT2D eigenvalue weighted by Crippen LogP contribution is 2.35. The molecule has 2 N–H and O–H groups in total. The number of hydrogen-bond donors (Lipinski definition) is 2. The van der Waals surface area contributed by atoms with Crippen LogP contribution in [-0.4, -0.2) is 31.6 Å². The van der Waals surface area contributed by atoms with Crippen molar-refractivity contribution in [1.82, 2.24) is 24.5 Å². The predicted octanol–water partition coefficient (Wildman–Crippen LogP) is 2.45. The van der Waals surface area contributed by atoms with Gasteiger partial charge in [-0.3, -0.25) is 4.57 Å². The van der Waals surface area contributed by atoms with Crippen molar-refractivity contribution in [3.63, 3.8) is 0 Å². The molecule has 3 aromatic heterocycles. The fourth-order valence-corrected chi connectivity index (χ4v) is 3.65. The molecule has 4 rings (SSSR count). The minimum absolute atomic E-state index is 0.297. The van der Waals surface area contributed by atoms with Crippen molar-refractivity contribution in [1.29, 1.82) is 5.26 Å². The number of nitrogens with zero attached hydrogens (tertiary/aromatic N) is 5. The Kier molecular flexibility index (Phi) is 4.24. The van der Waals surface area contributed by atoms with E-state index in [4.69, 9.17) is 4.74 Å². The highest BCUT2D eigenvalue weighted by molar-refractivity contribution is 5.73. The van der Waals surface area contributed by atoms with Crippen molar-refractivity contribution in [2.24, 2.45) is 0 Å². The van der Waals surface area contributed by atoms with Gasteiger partial charge in [0.1, 0.15) is 16.7 Å². The Morgan fingerprint density at radius 3 is 2.89 bits per heavy atom. The Morgan fingerprint density at radius 1 is 1.33 bits per heavy atom. The van der Waals surface area contributed by atoms with Crippen LogP contribution in [0, 0.1) is 11.3 Å². The van der Waals surface area contributed by atoms with E-state index in [1.165, 1.54) is 11.7 Å². The summed E-state index contributed by atoms with van der Waals surface area (Å²) in [6, 6.07) is 5.93. The molecule has 0 atom stereocenters. The fourth-order valence-electron chi connectivity index (χ4n) is 3.65. The van der Waals surface area contributed by atoms with Gasteiger partial charge in [0.2, 0.25) is 11.8 Å². The summed E-state index contributed by atoms with van der Waals surface area (Å²) in [4.78, 5) is 28.3.